The van der Waals surface area contributed by atoms with Crippen LogP contribution < -0.4 is 0 Å². The summed E-state index contributed by atoms with van der Waals surface area (Å²) >= 11 is 0. The van der Waals surface area contributed by atoms with Crippen LogP contribution in [0.3, 0.4) is 0 Å². The Morgan fingerprint density at radius 1 is 0.976 bits per heavy atom. The van der Waals surface area contributed by atoms with Gasteiger partial charge in [-0.15, -0.1) is 0 Å². The normalized spacial score (nSPS) is 20.0. The zero-order valence-corrected chi connectivity index (χ0v) is 22.6. The number of benzene rings is 3. The van der Waals surface area contributed by atoms with E-state index in [0.717, 1.165) is 5.56 Å². The van der Waals surface area contributed by atoms with Gasteiger partial charge in [0.25, 0.3) is 0 Å². The first-order valence-corrected chi connectivity index (χ1v) is 13.2. The third-order valence-electron chi connectivity index (χ3n) is 7.40. The van der Waals surface area contributed by atoms with Crippen molar-refractivity contribution in [3.63, 3.8) is 0 Å². The van der Waals surface area contributed by atoms with E-state index in [4.69, 9.17) is 9.47 Å². The van der Waals surface area contributed by atoms with E-state index >= 15 is 0 Å². The molecule has 11 heteroatoms. The number of hydrogen-bond donors (Lipinski definition) is 0. The summed E-state index contributed by atoms with van der Waals surface area (Å²) in [6.07, 6.45) is -11.3. The van der Waals surface area contributed by atoms with Crippen LogP contribution in [-0.2, 0) is 34.0 Å². The summed E-state index contributed by atoms with van der Waals surface area (Å²) in [5, 5.41) is 9.65. The van der Waals surface area contributed by atoms with Crippen LogP contribution in [0.2, 0.25) is 0 Å². The average Bonchev–Trinajstić information content (AvgIpc) is 2.98. The molecule has 0 aliphatic carbocycles. The number of ether oxygens (including phenoxy) is 2. The smallest absolute Gasteiger partial charge is 0.416 e. The van der Waals surface area contributed by atoms with Crippen molar-refractivity contribution in [2.24, 2.45) is 5.92 Å². The fourth-order valence-corrected chi connectivity index (χ4v) is 5.04. The molecule has 0 radical (unpaired) electrons. The molecule has 1 aliphatic heterocycles. The molecular weight excluding hydrogens is 562 g/mol. The second-order valence-electron chi connectivity index (χ2n) is 10.2. The fraction of sp³-hybridized carbons (Fsp3) is 0.355. The van der Waals surface area contributed by atoms with Gasteiger partial charge in [-0.25, -0.2) is 4.79 Å². The van der Waals surface area contributed by atoms with Crippen molar-refractivity contribution < 1.29 is 40.6 Å². The number of alkyl halides is 6. The lowest BCUT2D eigenvalue weighted by Crippen LogP contribution is -2.57. The molecule has 5 nitrogen and oxygen atoms in total. The number of rotatable bonds is 7. The van der Waals surface area contributed by atoms with Crippen LogP contribution >= 0.6 is 0 Å². The molecule has 0 spiro atoms. The van der Waals surface area contributed by atoms with Crippen LogP contribution in [0, 0.1) is 17.2 Å². The molecule has 42 heavy (non-hydrogen) atoms. The van der Waals surface area contributed by atoms with E-state index < -0.39 is 47.1 Å². The zero-order valence-electron chi connectivity index (χ0n) is 22.6. The van der Waals surface area contributed by atoms with Crippen LogP contribution in [0.25, 0.3) is 0 Å². The first-order chi connectivity index (χ1) is 19.8. The second-order valence-corrected chi connectivity index (χ2v) is 10.2. The highest BCUT2D eigenvalue weighted by Crippen LogP contribution is 2.42. The number of nitriles is 1. The van der Waals surface area contributed by atoms with E-state index in [1.165, 1.54) is 11.8 Å². The van der Waals surface area contributed by atoms with Crippen molar-refractivity contribution >= 4 is 6.09 Å². The molecule has 222 valence electrons. The third kappa shape index (κ3) is 7.05. The van der Waals surface area contributed by atoms with E-state index in [1.807, 2.05) is 6.07 Å². The molecule has 3 atom stereocenters. The quantitative estimate of drug-likeness (QED) is 0.260. The Kier molecular flexibility index (Phi) is 9.16. The number of likely N-dealkylation sites (tertiary alicyclic amines) is 1. The van der Waals surface area contributed by atoms with Gasteiger partial charge in [-0.1, -0.05) is 60.7 Å². The molecule has 0 bridgehead atoms. The minimum absolute atomic E-state index is 0.00145. The average molecular weight is 591 g/mol. The molecule has 1 saturated heterocycles. The predicted octanol–water partition coefficient (Wildman–Crippen LogP) is 8.27. The number of piperidine rings is 1. The van der Waals surface area contributed by atoms with Crippen molar-refractivity contribution in [3.8, 4) is 6.07 Å². The summed E-state index contributed by atoms with van der Waals surface area (Å²) in [7, 11) is 0. The first-order valence-electron chi connectivity index (χ1n) is 13.2. The molecule has 1 heterocycles. The van der Waals surface area contributed by atoms with Gasteiger partial charge in [-0.2, -0.15) is 31.6 Å². The monoisotopic (exact) mass is 590 g/mol. The minimum atomic E-state index is -5.00. The number of halogens is 6. The molecule has 1 aliphatic rings. The van der Waals surface area contributed by atoms with E-state index in [2.05, 4.69) is 6.07 Å². The Hall–Kier alpha value is -4.04. The van der Waals surface area contributed by atoms with Gasteiger partial charge in [-0.05, 0) is 54.7 Å². The maximum Gasteiger partial charge on any atom is 0.416 e. The van der Waals surface area contributed by atoms with Gasteiger partial charge < -0.3 is 9.47 Å². The zero-order chi connectivity index (χ0) is 30.5. The molecule has 1 amide bonds. The van der Waals surface area contributed by atoms with Crippen molar-refractivity contribution in [2.75, 3.05) is 13.2 Å². The molecule has 3 aromatic rings. The third-order valence-corrected chi connectivity index (χ3v) is 7.40. The minimum Gasteiger partial charge on any atom is -0.445 e. The highest BCUT2D eigenvalue weighted by atomic mass is 19.4. The largest absolute Gasteiger partial charge is 0.445 e. The Balaban J connectivity index is 1.67. The molecular formula is C31H28F6N2O3. The van der Waals surface area contributed by atoms with Crippen LogP contribution in [-0.4, -0.2) is 24.1 Å². The highest BCUT2D eigenvalue weighted by Gasteiger charge is 2.47. The van der Waals surface area contributed by atoms with Gasteiger partial charge in [0.1, 0.15) is 6.61 Å². The molecule has 4 rings (SSSR count). The van der Waals surface area contributed by atoms with E-state index in [-0.39, 0.29) is 37.8 Å². The van der Waals surface area contributed by atoms with Gasteiger partial charge in [0.2, 0.25) is 0 Å². The Bertz CT molecular complexity index is 1370. The molecule has 1 unspecified atom stereocenters. The van der Waals surface area contributed by atoms with Crippen molar-refractivity contribution in [3.05, 3.63) is 107 Å². The lowest BCUT2D eigenvalue weighted by molar-refractivity contribution is -0.143. The highest BCUT2D eigenvalue weighted by molar-refractivity contribution is 5.69. The SMILES string of the molecule is C[C@@H](OC[C@@]1(c2ccccc2)CCC(C#N)CN1C(=O)OCc1ccccc1)c1cc(C(F)(F)F)cc(C(F)(F)F)c1. The van der Waals surface area contributed by atoms with Crippen LogP contribution in [0.4, 0.5) is 31.1 Å². The summed E-state index contributed by atoms with van der Waals surface area (Å²) < 4.78 is 92.4. The number of carbonyl (C=O) groups is 1. The van der Waals surface area contributed by atoms with E-state index in [9.17, 15) is 36.4 Å². The van der Waals surface area contributed by atoms with Crippen molar-refractivity contribution in [1.82, 2.24) is 4.90 Å². The Morgan fingerprint density at radius 3 is 2.10 bits per heavy atom. The number of amides is 1. The molecule has 0 saturated carbocycles. The van der Waals surface area contributed by atoms with Gasteiger partial charge in [0, 0.05) is 6.54 Å². The molecule has 1 fully saturated rings. The van der Waals surface area contributed by atoms with Crippen molar-refractivity contribution in [1.29, 1.82) is 5.26 Å². The van der Waals surface area contributed by atoms with Crippen molar-refractivity contribution in [2.45, 2.75) is 50.4 Å². The summed E-state index contributed by atoms with van der Waals surface area (Å²) in [6.45, 7) is 1.04. The predicted molar refractivity (Wildman–Crippen MR) is 141 cm³/mol. The number of hydrogen-bond acceptors (Lipinski definition) is 4. The fourth-order valence-electron chi connectivity index (χ4n) is 5.04. The number of carbonyl (C=O) groups excluding carboxylic acids is 1. The van der Waals surface area contributed by atoms with Gasteiger partial charge in [-0.3, -0.25) is 4.90 Å². The topological polar surface area (TPSA) is 62.6 Å². The van der Waals surface area contributed by atoms with Gasteiger partial charge >= 0.3 is 18.4 Å². The Labute approximate surface area is 239 Å². The summed E-state index contributed by atoms with van der Waals surface area (Å²) in [4.78, 5) is 14.9. The molecule has 0 N–H and O–H groups in total. The standard InChI is InChI=1S/C31H28F6N2O3/c1-21(24-14-26(30(32,33)34)16-27(15-24)31(35,36)37)42-20-29(25-10-6-3-7-11-25)13-12-23(17-38)18-39(29)28(40)41-19-22-8-4-2-5-9-22/h2-11,14-16,21,23H,12-13,18-20H2,1H3/t21-,23?,29-/m1/s1. The van der Waals surface area contributed by atoms with Crippen LogP contribution in [0.1, 0.15) is 53.7 Å². The maximum absolute atomic E-state index is 13.5. The molecule has 3 aromatic carbocycles. The summed E-state index contributed by atoms with van der Waals surface area (Å²) in [6, 6.07) is 21.2. The Morgan fingerprint density at radius 2 is 1.55 bits per heavy atom. The summed E-state index contributed by atoms with van der Waals surface area (Å²) in [5.74, 6) is -0.513. The molecule has 0 aromatic heterocycles. The van der Waals surface area contributed by atoms with Crippen LogP contribution in [0.15, 0.2) is 78.9 Å². The first kappa shape index (κ1) is 30.9. The summed E-state index contributed by atoms with van der Waals surface area (Å²) in [5.41, 5.74) is -3.04. The van der Waals surface area contributed by atoms with Crippen LogP contribution in [0.5, 0.6) is 0 Å². The van der Waals surface area contributed by atoms with E-state index in [1.54, 1.807) is 54.6 Å². The van der Waals surface area contributed by atoms with E-state index in [0.29, 0.717) is 24.1 Å². The maximum atomic E-state index is 13.5. The lowest BCUT2D eigenvalue weighted by atomic mass is 9.78. The van der Waals surface area contributed by atoms with Gasteiger partial charge in [0.05, 0.1) is 41.4 Å². The lowest BCUT2D eigenvalue weighted by Gasteiger charge is -2.48. The second kappa shape index (κ2) is 12.4. The van der Waals surface area contributed by atoms with Gasteiger partial charge in [0.15, 0.2) is 0 Å². The number of nitrogens with zero attached hydrogens (tertiary/aromatic N) is 2.